The van der Waals surface area contributed by atoms with E-state index < -0.39 is 11.7 Å². The van der Waals surface area contributed by atoms with E-state index in [1.807, 2.05) is 0 Å². The first-order valence-corrected chi connectivity index (χ1v) is 6.60. The summed E-state index contributed by atoms with van der Waals surface area (Å²) in [5.74, 6) is 0.547. The monoisotopic (exact) mass is 289 g/mol. The van der Waals surface area contributed by atoms with Crippen LogP contribution in [-0.2, 0) is 6.18 Å². The summed E-state index contributed by atoms with van der Waals surface area (Å²) in [5.41, 5.74) is -0.903. The molecule has 20 heavy (non-hydrogen) atoms. The lowest BCUT2D eigenvalue weighted by molar-refractivity contribution is -0.138. The standard InChI is InChI=1S/C14H22F3N3/c1-8(2)11(13(4,5)6)20-12-18-7-10(9(3)19-12)14(15,16)17/h7-8,11H,1-6H3,(H,18,19,20)/t11-/m0/s1. The maximum atomic E-state index is 12.7. The van der Waals surface area contributed by atoms with Crippen molar-refractivity contribution in [2.75, 3.05) is 5.32 Å². The van der Waals surface area contributed by atoms with E-state index in [0.717, 1.165) is 6.20 Å². The zero-order chi connectivity index (χ0) is 15.7. The third-order valence-corrected chi connectivity index (χ3v) is 3.17. The highest BCUT2D eigenvalue weighted by molar-refractivity contribution is 5.32. The van der Waals surface area contributed by atoms with Crippen molar-refractivity contribution in [3.05, 3.63) is 17.5 Å². The zero-order valence-corrected chi connectivity index (χ0v) is 12.8. The number of hydrogen-bond donors (Lipinski definition) is 1. The number of aryl methyl sites for hydroxylation is 1. The van der Waals surface area contributed by atoms with Gasteiger partial charge in [-0.15, -0.1) is 0 Å². The van der Waals surface area contributed by atoms with Crippen molar-refractivity contribution in [3.8, 4) is 0 Å². The molecule has 1 N–H and O–H groups in total. The fourth-order valence-corrected chi connectivity index (χ4v) is 2.34. The van der Waals surface area contributed by atoms with E-state index in [1.165, 1.54) is 6.92 Å². The van der Waals surface area contributed by atoms with E-state index in [1.54, 1.807) is 0 Å². The van der Waals surface area contributed by atoms with Crippen LogP contribution >= 0.6 is 0 Å². The Hall–Kier alpha value is -1.33. The smallest absolute Gasteiger partial charge is 0.351 e. The molecule has 0 unspecified atom stereocenters. The maximum Gasteiger partial charge on any atom is 0.419 e. The van der Waals surface area contributed by atoms with Gasteiger partial charge in [-0.3, -0.25) is 0 Å². The molecule has 1 aromatic rings. The number of hydrogen-bond acceptors (Lipinski definition) is 3. The number of alkyl halides is 3. The van der Waals surface area contributed by atoms with Gasteiger partial charge in [-0.05, 0) is 18.3 Å². The molecular formula is C14H22F3N3. The first kappa shape index (κ1) is 16.7. The molecule has 0 aromatic carbocycles. The SMILES string of the molecule is Cc1nc(N[C@@H](C(C)C)C(C)(C)C)ncc1C(F)(F)F. The van der Waals surface area contributed by atoms with Crippen molar-refractivity contribution in [1.82, 2.24) is 9.97 Å². The van der Waals surface area contributed by atoms with Gasteiger partial charge >= 0.3 is 6.18 Å². The van der Waals surface area contributed by atoms with Gasteiger partial charge in [0.2, 0.25) is 5.95 Å². The highest BCUT2D eigenvalue weighted by atomic mass is 19.4. The molecule has 0 saturated carbocycles. The largest absolute Gasteiger partial charge is 0.419 e. The summed E-state index contributed by atoms with van der Waals surface area (Å²) in [6, 6.07) is 0.0682. The molecule has 3 nitrogen and oxygen atoms in total. The Labute approximate surface area is 118 Å². The lowest BCUT2D eigenvalue weighted by Gasteiger charge is -2.34. The van der Waals surface area contributed by atoms with Gasteiger partial charge in [-0.25, -0.2) is 9.97 Å². The molecule has 0 bridgehead atoms. The topological polar surface area (TPSA) is 37.8 Å². The molecule has 114 valence electrons. The summed E-state index contributed by atoms with van der Waals surface area (Å²) in [4.78, 5) is 7.73. The molecule has 1 aromatic heterocycles. The Kier molecular flexibility index (Phi) is 4.66. The van der Waals surface area contributed by atoms with Crippen molar-refractivity contribution in [3.63, 3.8) is 0 Å². The predicted octanol–water partition coefficient (Wildman–Crippen LogP) is 4.29. The average Bonchev–Trinajstić information content (AvgIpc) is 2.22. The van der Waals surface area contributed by atoms with E-state index in [0.29, 0.717) is 5.92 Å². The van der Waals surface area contributed by atoms with Gasteiger partial charge in [-0.1, -0.05) is 34.6 Å². The summed E-state index contributed by atoms with van der Waals surface area (Å²) in [5, 5.41) is 3.15. The quantitative estimate of drug-likeness (QED) is 0.902. The molecule has 0 aliphatic carbocycles. The first-order valence-electron chi connectivity index (χ1n) is 6.60. The van der Waals surface area contributed by atoms with Crippen LogP contribution in [0.4, 0.5) is 19.1 Å². The molecule has 0 fully saturated rings. The molecule has 1 atom stereocenters. The minimum atomic E-state index is -4.41. The summed E-state index contributed by atoms with van der Waals surface area (Å²) in [6.45, 7) is 11.7. The molecule has 0 amide bonds. The van der Waals surface area contributed by atoms with E-state index in [-0.39, 0.29) is 23.1 Å². The van der Waals surface area contributed by atoms with Crippen LogP contribution in [0.15, 0.2) is 6.20 Å². The van der Waals surface area contributed by atoms with Crippen LogP contribution in [0.3, 0.4) is 0 Å². The lowest BCUT2D eigenvalue weighted by Crippen LogP contribution is -2.39. The van der Waals surface area contributed by atoms with E-state index in [9.17, 15) is 13.2 Å². The minimum Gasteiger partial charge on any atom is -0.351 e. The average molecular weight is 289 g/mol. The molecular weight excluding hydrogens is 267 g/mol. The Bertz CT molecular complexity index is 462. The number of nitrogens with zero attached hydrogens (tertiary/aromatic N) is 2. The second-order valence-electron chi connectivity index (χ2n) is 6.42. The number of rotatable bonds is 3. The molecule has 0 aliphatic heterocycles. The summed E-state index contributed by atoms with van der Waals surface area (Å²) >= 11 is 0. The summed E-state index contributed by atoms with van der Waals surface area (Å²) in [7, 11) is 0. The van der Waals surface area contributed by atoms with Crippen LogP contribution in [0.5, 0.6) is 0 Å². The number of anilines is 1. The van der Waals surface area contributed by atoms with Crippen molar-refractivity contribution >= 4 is 5.95 Å². The van der Waals surface area contributed by atoms with Crippen molar-refractivity contribution < 1.29 is 13.2 Å². The van der Waals surface area contributed by atoms with E-state index >= 15 is 0 Å². The Morgan fingerprint density at radius 3 is 2.05 bits per heavy atom. The van der Waals surface area contributed by atoms with Gasteiger partial charge < -0.3 is 5.32 Å². The van der Waals surface area contributed by atoms with Gasteiger partial charge in [0.15, 0.2) is 0 Å². The maximum absolute atomic E-state index is 12.7. The van der Waals surface area contributed by atoms with Gasteiger partial charge in [0.1, 0.15) is 0 Å². The summed E-state index contributed by atoms with van der Waals surface area (Å²) in [6.07, 6.45) is -3.57. The Morgan fingerprint density at radius 2 is 1.70 bits per heavy atom. The Balaban J connectivity index is 3.02. The second-order valence-corrected chi connectivity index (χ2v) is 6.42. The second kappa shape index (κ2) is 5.58. The molecule has 1 rings (SSSR count). The summed E-state index contributed by atoms with van der Waals surface area (Å²) < 4.78 is 38.0. The molecule has 1 heterocycles. The first-order chi connectivity index (χ1) is 8.93. The third-order valence-electron chi connectivity index (χ3n) is 3.17. The van der Waals surface area contributed by atoms with Crippen molar-refractivity contribution in [1.29, 1.82) is 0 Å². The zero-order valence-electron chi connectivity index (χ0n) is 12.8. The molecule has 0 saturated heterocycles. The van der Waals surface area contributed by atoms with Gasteiger partial charge in [-0.2, -0.15) is 13.2 Å². The number of nitrogens with one attached hydrogen (secondary N) is 1. The van der Waals surface area contributed by atoms with Crippen LogP contribution in [0.1, 0.15) is 45.9 Å². The predicted molar refractivity (Wildman–Crippen MR) is 73.5 cm³/mol. The lowest BCUT2D eigenvalue weighted by atomic mass is 9.80. The Morgan fingerprint density at radius 1 is 1.15 bits per heavy atom. The van der Waals surface area contributed by atoms with Crippen LogP contribution in [0.2, 0.25) is 0 Å². The van der Waals surface area contributed by atoms with E-state index in [4.69, 9.17) is 0 Å². The number of halogens is 3. The normalized spacial score (nSPS) is 14.5. The fourth-order valence-electron chi connectivity index (χ4n) is 2.34. The van der Waals surface area contributed by atoms with Gasteiger partial charge in [0.25, 0.3) is 0 Å². The molecule has 0 aliphatic rings. The highest BCUT2D eigenvalue weighted by Crippen LogP contribution is 2.32. The van der Waals surface area contributed by atoms with Gasteiger partial charge in [0, 0.05) is 12.2 Å². The van der Waals surface area contributed by atoms with Crippen molar-refractivity contribution in [2.45, 2.75) is 53.8 Å². The van der Waals surface area contributed by atoms with Crippen LogP contribution in [0, 0.1) is 18.3 Å². The highest BCUT2D eigenvalue weighted by Gasteiger charge is 2.34. The van der Waals surface area contributed by atoms with Gasteiger partial charge in [0.05, 0.1) is 11.3 Å². The van der Waals surface area contributed by atoms with Crippen LogP contribution in [-0.4, -0.2) is 16.0 Å². The number of aromatic nitrogens is 2. The fraction of sp³-hybridized carbons (Fsp3) is 0.714. The third kappa shape index (κ3) is 4.08. The van der Waals surface area contributed by atoms with Crippen molar-refractivity contribution in [2.24, 2.45) is 11.3 Å². The van der Waals surface area contributed by atoms with Crippen LogP contribution in [0.25, 0.3) is 0 Å². The molecule has 0 radical (unpaired) electrons. The van der Waals surface area contributed by atoms with E-state index in [2.05, 4.69) is 49.9 Å². The molecule has 0 spiro atoms. The molecule has 6 heteroatoms. The van der Waals surface area contributed by atoms with Crippen LogP contribution < -0.4 is 5.32 Å². The minimum absolute atomic E-state index is 0.0475.